The number of primary amides is 1. The molecular formula is C17H14ClFN2O4. The number of carbonyl (C=O) groups is 3. The predicted octanol–water partition coefficient (Wildman–Crippen LogP) is 2.76. The van der Waals surface area contributed by atoms with E-state index >= 15 is 0 Å². The Balaban J connectivity index is 2.02. The Morgan fingerprint density at radius 2 is 1.80 bits per heavy atom. The van der Waals surface area contributed by atoms with Crippen LogP contribution >= 0.6 is 11.6 Å². The SMILES string of the molecule is CC(OC(=O)c1c(F)cccc1Cl)C(=O)Nc1ccc(C(N)=O)cc1. The maximum atomic E-state index is 13.7. The number of rotatable bonds is 5. The third-order valence-electron chi connectivity index (χ3n) is 3.26. The number of hydrogen-bond acceptors (Lipinski definition) is 4. The van der Waals surface area contributed by atoms with Gasteiger partial charge >= 0.3 is 5.97 Å². The molecule has 0 saturated carbocycles. The van der Waals surface area contributed by atoms with Crippen molar-refractivity contribution >= 4 is 35.1 Å². The van der Waals surface area contributed by atoms with E-state index in [1.165, 1.54) is 43.3 Å². The summed E-state index contributed by atoms with van der Waals surface area (Å²) in [5, 5.41) is 2.39. The second-order valence-electron chi connectivity index (χ2n) is 5.08. The van der Waals surface area contributed by atoms with Crippen LogP contribution in [0.15, 0.2) is 42.5 Å². The van der Waals surface area contributed by atoms with Gasteiger partial charge in [0.15, 0.2) is 6.10 Å². The lowest BCUT2D eigenvalue weighted by Gasteiger charge is -2.14. The van der Waals surface area contributed by atoms with E-state index in [2.05, 4.69) is 5.32 Å². The van der Waals surface area contributed by atoms with Gasteiger partial charge < -0.3 is 15.8 Å². The maximum absolute atomic E-state index is 13.7. The zero-order valence-corrected chi connectivity index (χ0v) is 13.8. The molecule has 0 heterocycles. The van der Waals surface area contributed by atoms with E-state index in [1.807, 2.05) is 0 Å². The Morgan fingerprint density at radius 1 is 1.16 bits per heavy atom. The van der Waals surface area contributed by atoms with E-state index < -0.39 is 35.3 Å². The van der Waals surface area contributed by atoms with Gasteiger partial charge in [0.05, 0.1) is 5.02 Å². The van der Waals surface area contributed by atoms with Crippen molar-refractivity contribution < 1.29 is 23.5 Å². The predicted molar refractivity (Wildman–Crippen MR) is 89.9 cm³/mol. The first-order chi connectivity index (χ1) is 11.8. The Labute approximate surface area is 147 Å². The molecule has 0 aromatic heterocycles. The van der Waals surface area contributed by atoms with Crippen LogP contribution < -0.4 is 11.1 Å². The van der Waals surface area contributed by atoms with Gasteiger partial charge in [-0.1, -0.05) is 17.7 Å². The van der Waals surface area contributed by atoms with Crippen LogP contribution in [0.4, 0.5) is 10.1 Å². The fraction of sp³-hybridized carbons (Fsp3) is 0.118. The van der Waals surface area contributed by atoms with Gasteiger partial charge in [-0.25, -0.2) is 9.18 Å². The van der Waals surface area contributed by atoms with Crippen LogP contribution in [0.3, 0.4) is 0 Å². The highest BCUT2D eigenvalue weighted by molar-refractivity contribution is 6.33. The minimum atomic E-state index is -1.20. The first-order valence-electron chi connectivity index (χ1n) is 7.15. The first-order valence-corrected chi connectivity index (χ1v) is 7.53. The van der Waals surface area contributed by atoms with Crippen molar-refractivity contribution in [3.63, 3.8) is 0 Å². The average Bonchev–Trinajstić information content (AvgIpc) is 2.55. The summed E-state index contributed by atoms with van der Waals surface area (Å²) in [6.45, 7) is 1.33. The van der Waals surface area contributed by atoms with Crippen LogP contribution in [-0.2, 0) is 9.53 Å². The molecule has 6 nitrogen and oxygen atoms in total. The zero-order chi connectivity index (χ0) is 18.6. The molecule has 0 spiro atoms. The molecule has 2 rings (SSSR count). The fourth-order valence-corrected chi connectivity index (χ4v) is 2.17. The maximum Gasteiger partial charge on any atom is 0.343 e. The summed E-state index contributed by atoms with van der Waals surface area (Å²) < 4.78 is 18.6. The topological polar surface area (TPSA) is 98.5 Å². The number of carbonyl (C=O) groups excluding carboxylic acids is 3. The molecule has 0 fully saturated rings. The first kappa shape index (κ1) is 18.4. The monoisotopic (exact) mass is 364 g/mol. The smallest absolute Gasteiger partial charge is 0.343 e. The van der Waals surface area contributed by atoms with Crippen LogP contribution in [-0.4, -0.2) is 23.9 Å². The molecular weight excluding hydrogens is 351 g/mol. The van der Waals surface area contributed by atoms with Crippen LogP contribution in [0.5, 0.6) is 0 Å². The Kier molecular flexibility index (Phi) is 5.71. The second-order valence-corrected chi connectivity index (χ2v) is 5.48. The summed E-state index contributed by atoms with van der Waals surface area (Å²) in [7, 11) is 0. The van der Waals surface area contributed by atoms with Crippen molar-refractivity contribution in [3.8, 4) is 0 Å². The van der Waals surface area contributed by atoms with E-state index in [4.69, 9.17) is 22.1 Å². The normalized spacial score (nSPS) is 11.5. The zero-order valence-electron chi connectivity index (χ0n) is 13.1. The van der Waals surface area contributed by atoms with Crippen LogP contribution in [0.2, 0.25) is 5.02 Å². The molecule has 2 amide bonds. The number of ether oxygens (including phenoxy) is 1. The third kappa shape index (κ3) is 4.54. The molecule has 0 bridgehead atoms. The number of halogens is 2. The minimum Gasteiger partial charge on any atom is -0.449 e. The Morgan fingerprint density at radius 3 is 2.36 bits per heavy atom. The van der Waals surface area contributed by atoms with Gasteiger partial charge in [0.2, 0.25) is 5.91 Å². The molecule has 8 heteroatoms. The molecule has 3 N–H and O–H groups in total. The lowest BCUT2D eigenvalue weighted by Crippen LogP contribution is -2.30. The molecule has 2 aromatic carbocycles. The van der Waals surface area contributed by atoms with Crippen molar-refractivity contribution in [2.24, 2.45) is 5.73 Å². The highest BCUT2D eigenvalue weighted by Crippen LogP contribution is 2.20. The van der Waals surface area contributed by atoms with Gasteiger partial charge in [-0.05, 0) is 43.3 Å². The van der Waals surface area contributed by atoms with Crippen molar-refractivity contribution in [2.45, 2.75) is 13.0 Å². The third-order valence-corrected chi connectivity index (χ3v) is 3.57. The molecule has 1 unspecified atom stereocenters. The van der Waals surface area contributed by atoms with E-state index in [9.17, 15) is 18.8 Å². The molecule has 130 valence electrons. The molecule has 2 aromatic rings. The summed E-state index contributed by atoms with van der Waals surface area (Å²) in [6, 6.07) is 9.57. The fourth-order valence-electron chi connectivity index (χ4n) is 1.93. The average molecular weight is 365 g/mol. The molecule has 0 aliphatic carbocycles. The van der Waals surface area contributed by atoms with Crippen molar-refractivity contribution in [2.75, 3.05) is 5.32 Å². The highest BCUT2D eigenvalue weighted by atomic mass is 35.5. The van der Waals surface area contributed by atoms with Gasteiger partial charge in [-0.15, -0.1) is 0 Å². The van der Waals surface area contributed by atoms with Crippen molar-refractivity contribution in [1.82, 2.24) is 0 Å². The Hall–Kier alpha value is -2.93. The van der Waals surface area contributed by atoms with Crippen molar-refractivity contribution in [1.29, 1.82) is 0 Å². The van der Waals surface area contributed by atoms with E-state index in [-0.39, 0.29) is 10.6 Å². The number of anilines is 1. The quantitative estimate of drug-likeness (QED) is 0.797. The summed E-state index contributed by atoms with van der Waals surface area (Å²) >= 11 is 5.78. The lowest BCUT2D eigenvalue weighted by atomic mass is 10.2. The summed E-state index contributed by atoms with van der Waals surface area (Å²) in [5.74, 6) is -3.11. The number of nitrogens with one attached hydrogen (secondary N) is 1. The molecule has 0 aliphatic heterocycles. The number of benzene rings is 2. The lowest BCUT2D eigenvalue weighted by molar-refractivity contribution is -0.123. The Bertz CT molecular complexity index is 804. The van der Waals surface area contributed by atoms with Gasteiger partial charge in [0.25, 0.3) is 5.91 Å². The summed E-state index contributed by atoms with van der Waals surface area (Å²) in [5.41, 5.74) is 5.35. The number of nitrogens with two attached hydrogens (primary N) is 1. The van der Waals surface area contributed by atoms with Gasteiger partial charge in [0.1, 0.15) is 11.4 Å². The minimum absolute atomic E-state index is 0.111. The number of amides is 2. The summed E-state index contributed by atoms with van der Waals surface area (Å²) in [4.78, 5) is 35.0. The summed E-state index contributed by atoms with van der Waals surface area (Å²) in [6.07, 6.45) is -1.20. The van der Waals surface area contributed by atoms with Gasteiger partial charge in [0, 0.05) is 11.3 Å². The molecule has 0 radical (unpaired) electrons. The van der Waals surface area contributed by atoms with E-state index in [0.29, 0.717) is 5.69 Å². The second kappa shape index (κ2) is 7.76. The molecule has 0 aliphatic rings. The van der Waals surface area contributed by atoms with Gasteiger partial charge in [-0.2, -0.15) is 0 Å². The number of esters is 1. The number of hydrogen-bond donors (Lipinski definition) is 2. The standard InChI is InChI=1S/C17H14ClFN2O4/c1-9(25-17(24)14-12(18)3-2-4-13(14)19)16(23)21-11-7-5-10(6-8-11)15(20)22/h2-9H,1H3,(H2,20,22)(H,21,23). The molecule has 0 saturated heterocycles. The van der Waals surface area contributed by atoms with Crippen LogP contribution in [0.1, 0.15) is 27.6 Å². The van der Waals surface area contributed by atoms with Crippen LogP contribution in [0, 0.1) is 5.82 Å². The van der Waals surface area contributed by atoms with Crippen molar-refractivity contribution in [3.05, 3.63) is 64.4 Å². The molecule has 25 heavy (non-hydrogen) atoms. The van der Waals surface area contributed by atoms with Gasteiger partial charge in [-0.3, -0.25) is 9.59 Å². The molecule has 1 atom stereocenters. The van der Waals surface area contributed by atoms with Crippen LogP contribution in [0.25, 0.3) is 0 Å². The van der Waals surface area contributed by atoms with E-state index in [1.54, 1.807) is 0 Å². The largest absolute Gasteiger partial charge is 0.449 e. The van der Waals surface area contributed by atoms with E-state index in [0.717, 1.165) is 6.07 Å². The highest BCUT2D eigenvalue weighted by Gasteiger charge is 2.23.